The monoisotopic (exact) mass is 330 g/mol. The van der Waals surface area contributed by atoms with Crippen molar-refractivity contribution < 1.29 is 9.18 Å². The fourth-order valence-corrected chi connectivity index (χ4v) is 3.23. The number of anilines is 1. The van der Waals surface area contributed by atoms with Gasteiger partial charge in [-0.3, -0.25) is 9.48 Å². The summed E-state index contributed by atoms with van der Waals surface area (Å²) in [5.74, 6) is -0.329. The molecule has 1 aromatic heterocycles. The van der Waals surface area contributed by atoms with Gasteiger partial charge in [-0.15, -0.1) is 0 Å². The predicted octanol–water partition coefficient (Wildman–Crippen LogP) is 2.75. The number of aryl methyl sites for hydroxylation is 2. The molecule has 1 aliphatic rings. The Bertz CT molecular complexity index is 728. The minimum absolute atomic E-state index is 0.0510. The molecule has 1 fully saturated rings. The van der Waals surface area contributed by atoms with Crippen molar-refractivity contribution in [2.75, 3.05) is 18.0 Å². The molecule has 0 aliphatic carbocycles. The van der Waals surface area contributed by atoms with Gasteiger partial charge in [-0.05, 0) is 51.0 Å². The second-order valence-electron chi connectivity index (χ2n) is 6.23. The first-order valence-electron chi connectivity index (χ1n) is 8.42. The standard InChI is InChI=1S/C18H23FN4O/c1-3-23-17(10-13(2)21-23)18(24)20-15-7-5-9-22(12-15)16-8-4-6-14(19)11-16/h4,6,8,10-11,15H,3,5,7,9,12H2,1-2H3,(H,20,24)/t15-/m1/s1. The zero-order valence-corrected chi connectivity index (χ0v) is 14.1. The first-order valence-corrected chi connectivity index (χ1v) is 8.42. The predicted molar refractivity (Wildman–Crippen MR) is 91.7 cm³/mol. The third-order valence-electron chi connectivity index (χ3n) is 4.36. The molecule has 3 rings (SSSR count). The lowest BCUT2D eigenvalue weighted by Crippen LogP contribution is -2.48. The van der Waals surface area contributed by atoms with Crippen LogP contribution in [0.2, 0.25) is 0 Å². The highest BCUT2D eigenvalue weighted by atomic mass is 19.1. The van der Waals surface area contributed by atoms with E-state index in [0.717, 1.165) is 30.8 Å². The summed E-state index contributed by atoms with van der Waals surface area (Å²) in [4.78, 5) is 14.7. The van der Waals surface area contributed by atoms with Crippen molar-refractivity contribution in [2.45, 2.75) is 39.3 Å². The highest BCUT2D eigenvalue weighted by Gasteiger charge is 2.23. The summed E-state index contributed by atoms with van der Waals surface area (Å²) in [6, 6.07) is 8.47. The average molecular weight is 330 g/mol. The molecular formula is C18H23FN4O. The summed E-state index contributed by atoms with van der Waals surface area (Å²) in [7, 11) is 0. The van der Waals surface area contributed by atoms with Crippen LogP contribution in [-0.4, -0.2) is 34.8 Å². The molecule has 0 unspecified atom stereocenters. The van der Waals surface area contributed by atoms with Gasteiger partial charge in [0.15, 0.2) is 0 Å². The lowest BCUT2D eigenvalue weighted by molar-refractivity contribution is 0.0922. The fraction of sp³-hybridized carbons (Fsp3) is 0.444. The van der Waals surface area contributed by atoms with Gasteiger partial charge in [0.2, 0.25) is 0 Å². The van der Waals surface area contributed by atoms with E-state index in [1.54, 1.807) is 16.8 Å². The molecule has 1 amide bonds. The lowest BCUT2D eigenvalue weighted by Gasteiger charge is -2.34. The van der Waals surface area contributed by atoms with Crippen LogP contribution in [-0.2, 0) is 6.54 Å². The van der Waals surface area contributed by atoms with Crippen LogP contribution in [0.4, 0.5) is 10.1 Å². The number of carbonyl (C=O) groups excluding carboxylic acids is 1. The topological polar surface area (TPSA) is 50.2 Å². The van der Waals surface area contributed by atoms with E-state index in [2.05, 4.69) is 15.3 Å². The van der Waals surface area contributed by atoms with E-state index in [-0.39, 0.29) is 17.8 Å². The molecule has 6 heteroatoms. The van der Waals surface area contributed by atoms with Gasteiger partial charge in [0, 0.05) is 31.4 Å². The molecule has 1 atom stereocenters. The largest absolute Gasteiger partial charge is 0.369 e. The van der Waals surface area contributed by atoms with E-state index in [4.69, 9.17) is 0 Å². The van der Waals surface area contributed by atoms with Gasteiger partial charge in [-0.2, -0.15) is 5.10 Å². The molecule has 0 spiro atoms. The van der Waals surface area contributed by atoms with Gasteiger partial charge < -0.3 is 10.2 Å². The highest BCUT2D eigenvalue weighted by Crippen LogP contribution is 2.21. The number of halogens is 1. The Morgan fingerprint density at radius 3 is 3.00 bits per heavy atom. The average Bonchev–Trinajstić information content (AvgIpc) is 2.96. The zero-order chi connectivity index (χ0) is 17.1. The number of piperidine rings is 1. The molecule has 5 nitrogen and oxygen atoms in total. The Morgan fingerprint density at radius 2 is 2.25 bits per heavy atom. The molecule has 1 aliphatic heterocycles. The quantitative estimate of drug-likeness (QED) is 0.938. The van der Waals surface area contributed by atoms with Crippen molar-refractivity contribution in [3.8, 4) is 0 Å². The zero-order valence-electron chi connectivity index (χ0n) is 14.1. The lowest BCUT2D eigenvalue weighted by atomic mass is 10.0. The number of nitrogens with one attached hydrogen (secondary N) is 1. The van der Waals surface area contributed by atoms with Crippen molar-refractivity contribution in [2.24, 2.45) is 0 Å². The Kier molecular flexibility index (Phi) is 4.83. The van der Waals surface area contributed by atoms with Gasteiger partial charge in [0.1, 0.15) is 11.5 Å². The number of aromatic nitrogens is 2. The molecule has 0 radical (unpaired) electrons. The van der Waals surface area contributed by atoms with Crippen LogP contribution in [0, 0.1) is 12.7 Å². The number of hydrogen-bond acceptors (Lipinski definition) is 3. The SMILES string of the molecule is CCn1nc(C)cc1C(=O)N[C@@H]1CCCN(c2cccc(F)c2)C1. The Balaban J connectivity index is 1.68. The number of amides is 1. The van der Waals surface area contributed by atoms with Crippen LogP contribution in [0.5, 0.6) is 0 Å². The summed E-state index contributed by atoms with van der Waals surface area (Å²) in [5.41, 5.74) is 2.30. The summed E-state index contributed by atoms with van der Waals surface area (Å²) >= 11 is 0. The second-order valence-corrected chi connectivity index (χ2v) is 6.23. The summed E-state index contributed by atoms with van der Waals surface area (Å²) in [6.07, 6.45) is 1.89. The van der Waals surface area contributed by atoms with E-state index in [9.17, 15) is 9.18 Å². The maximum Gasteiger partial charge on any atom is 0.269 e. The molecule has 1 N–H and O–H groups in total. The van der Waals surface area contributed by atoms with Gasteiger partial charge in [0.25, 0.3) is 5.91 Å². The number of hydrogen-bond donors (Lipinski definition) is 1. The van der Waals surface area contributed by atoms with Crippen LogP contribution in [0.15, 0.2) is 30.3 Å². The van der Waals surface area contributed by atoms with Gasteiger partial charge >= 0.3 is 0 Å². The molecule has 0 saturated carbocycles. The van der Waals surface area contributed by atoms with E-state index in [1.807, 2.05) is 26.0 Å². The van der Waals surface area contributed by atoms with Gasteiger partial charge in [0.05, 0.1) is 5.69 Å². The summed E-state index contributed by atoms with van der Waals surface area (Å²) < 4.78 is 15.2. The molecule has 2 heterocycles. The number of nitrogens with zero attached hydrogens (tertiary/aromatic N) is 3. The summed E-state index contributed by atoms with van der Waals surface area (Å²) in [5, 5.41) is 7.42. The van der Waals surface area contributed by atoms with Gasteiger partial charge in [-0.25, -0.2) is 4.39 Å². The molecule has 2 aromatic rings. The molecule has 24 heavy (non-hydrogen) atoms. The van der Waals surface area contributed by atoms with Crippen LogP contribution >= 0.6 is 0 Å². The van der Waals surface area contributed by atoms with E-state index >= 15 is 0 Å². The molecule has 128 valence electrons. The first-order chi connectivity index (χ1) is 11.6. The molecule has 1 aromatic carbocycles. The fourth-order valence-electron chi connectivity index (χ4n) is 3.23. The van der Waals surface area contributed by atoms with Crippen molar-refractivity contribution in [3.05, 3.63) is 47.5 Å². The minimum atomic E-state index is -0.235. The second kappa shape index (κ2) is 7.03. The smallest absolute Gasteiger partial charge is 0.269 e. The van der Waals surface area contributed by atoms with Crippen LogP contribution in [0.1, 0.15) is 35.9 Å². The maximum absolute atomic E-state index is 13.4. The minimum Gasteiger partial charge on any atom is -0.369 e. The van der Waals surface area contributed by atoms with Gasteiger partial charge in [-0.1, -0.05) is 6.07 Å². The highest BCUT2D eigenvalue weighted by molar-refractivity contribution is 5.93. The van der Waals surface area contributed by atoms with Crippen molar-refractivity contribution in [3.63, 3.8) is 0 Å². The van der Waals surface area contributed by atoms with Crippen LogP contribution in [0.3, 0.4) is 0 Å². The number of carbonyl (C=O) groups is 1. The molecule has 0 bridgehead atoms. The number of benzene rings is 1. The van der Waals surface area contributed by atoms with Crippen molar-refractivity contribution in [1.29, 1.82) is 0 Å². The Hall–Kier alpha value is -2.37. The molecule has 1 saturated heterocycles. The third kappa shape index (κ3) is 3.58. The van der Waals surface area contributed by atoms with Crippen molar-refractivity contribution in [1.82, 2.24) is 15.1 Å². The number of rotatable bonds is 4. The maximum atomic E-state index is 13.4. The third-order valence-corrected chi connectivity index (χ3v) is 4.36. The molecular weight excluding hydrogens is 307 g/mol. The van der Waals surface area contributed by atoms with E-state index in [0.29, 0.717) is 18.8 Å². The van der Waals surface area contributed by atoms with Crippen LogP contribution in [0.25, 0.3) is 0 Å². The van der Waals surface area contributed by atoms with Crippen LogP contribution < -0.4 is 10.2 Å². The van der Waals surface area contributed by atoms with E-state index < -0.39 is 0 Å². The normalized spacial score (nSPS) is 17.8. The first kappa shape index (κ1) is 16.5. The van der Waals surface area contributed by atoms with E-state index in [1.165, 1.54) is 6.07 Å². The van der Waals surface area contributed by atoms with Crippen molar-refractivity contribution >= 4 is 11.6 Å². The summed E-state index contributed by atoms with van der Waals surface area (Å²) in [6.45, 7) is 6.08. The Labute approximate surface area is 141 Å². The Morgan fingerprint density at radius 1 is 1.42 bits per heavy atom.